The first-order chi connectivity index (χ1) is 8.59. The minimum Gasteiger partial charge on any atom is -0.492 e. The first-order valence-corrected chi connectivity index (χ1v) is 6.88. The maximum atomic E-state index is 5.82. The molecule has 0 saturated heterocycles. The van der Waals surface area contributed by atoms with Gasteiger partial charge in [0.1, 0.15) is 5.75 Å². The van der Waals surface area contributed by atoms with E-state index in [0.29, 0.717) is 6.04 Å². The fourth-order valence-electron chi connectivity index (χ4n) is 1.67. The van der Waals surface area contributed by atoms with Gasteiger partial charge in [0.15, 0.2) is 0 Å². The number of pyridine rings is 1. The Balaban J connectivity index is 2.43. The van der Waals surface area contributed by atoms with Crippen LogP contribution in [0.3, 0.4) is 0 Å². The summed E-state index contributed by atoms with van der Waals surface area (Å²) >= 11 is 0. The number of ether oxygens (including phenoxy) is 1. The molecule has 1 heterocycles. The Labute approximate surface area is 111 Å². The van der Waals surface area contributed by atoms with E-state index < -0.39 is 0 Å². The van der Waals surface area contributed by atoms with E-state index >= 15 is 0 Å². The average molecular weight is 250 g/mol. The van der Waals surface area contributed by atoms with E-state index in [1.165, 1.54) is 12.0 Å². The van der Waals surface area contributed by atoms with Crippen LogP contribution in [0.15, 0.2) is 18.5 Å². The van der Waals surface area contributed by atoms with E-state index in [0.717, 1.165) is 31.2 Å². The standard InChI is InChI=1S/C15H26N2O/c1-12(2)6-5-9-18-15-11-16-8-7-14(15)10-17-13(3)4/h7-8,11-13,17H,5-6,9-10H2,1-4H3. The molecule has 1 rings (SSSR count). The van der Waals surface area contributed by atoms with Crippen LogP contribution >= 0.6 is 0 Å². The molecule has 0 amide bonds. The second kappa shape index (κ2) is 8.09. The fraction of sp³-hybridized carbons (Fsp3) is 0.667. The molecule has 1 N–H and O–H groups in total. The molecule has 1 aromatic heterocycles. The SMILES string of the molecule is CC(C)CCCOc1cnccc1CNC(C)C. The van der Waals surface area contributed by atoms with Crippen LogP contribution in [0.1, 0.15) is 46.1 Å². The molecule has 0 aliphatic heterocycles. The average Bonchev–Trinajstić information content (AvgIpc) is 2.33. The lowest BCUT2D eigenvalue weighted by Crippen LogP contribution is -2.22. The summed E-state index contributed by atoms with van der Waals surface area (Å²) in [6, 6.07) is 2.50. The molecule has 0 radical (unpaired) electrons. The van der Waals surface area contributed by atoms with E-state index in [9.17, 15) is 0 Å². The molecule has 0 spiro atoms. The van der Waals surface area contributed by atoms with E-state index in [1.807, 2.05) is 18.5 Å². The molecular weight excluding hydrogens is 224 g/mol. The van der Waals surface area contributed by atoms with Gasteiger partial charge in [-0.05, 0) is 24.8 Å². The van der Waals surface area contributed by atoms with Crippen molar-refractivity contribution in [3.8, 4) is 5.75 Å². The monoisotopic (exact) mass is 250 g/mol. The Morgan fingerprint density at radius 1 is 1.28 bits per heavy atom. The van der Waals surface area contributed by atoms with Crippen molar-refractivity contribution in [2.24, 2.45) is 5.92 Å². The highest BCUT2D eigenvalue weighted by Crippen LogP contribution is 2.17. The van der Waals surface area contributed by atoms with Crippen molar-refractivity contribution in [1.82, 2.24) is 10.3 Å². The van der Waals surface area contributed by atoms with Gasteiger partial charge in [0.2, 0.25) is 0 Å². The maximum absolute atomic E-state index is 5.82. The summed E-state index contributed by atoms with van der Waals surface area (Å²) in [7, 11) is 0. The lowest BCUT2D eigenvalue weighted by atomic mass is 10.1. The number of nitrogens with zero attached hydrogens (tertiary/aromatic N) is 1. The van der Waals surface area contributed by atoms with E-state index in [4.69, 9.17) is 4.74 Å². The highest BCUT2D eigenvalue weighted by Gasteiger charge is 2.04. The van der Waals surface area contributed by atoms with Crippen LogP contribution in [0, 0.1) is 5.92 Å². The van der Waals surface area contributed by atoms with Crippen molar-refractivity contribution in [2.45, 2.75) is 53.1 Å². The lowest BCUT2D eigenvalue weighted by molar-refractivity contribution is 0.293. The zero-order valence-corrected chi connectivity index (χ0v) is 12.1. The van der Waals surface area contributed by atoms with Crippen molar-refractivity contribution in [3.63, 3.8) is 0 Å². The molecule has 0 aliphatic carbocycles. The summed E-state index contributed by atoms with van der Waals surface area (Å²) < 4.78 is 5.82. The largest absolute Gasteiger partial charge is 0.492 e. The van der Waals surface area contributed by atoms with E-state index in [2.05, 4.69) is 38.0 Å². The van der Waals surface area contributed by atoms with Crippen molar-refractivity contribution in [1.29, 1.82) is 0 Å². The summed E-state index contributed by atoms with van der Waals surface area (Å²) in [5.74, 6) is 1.65. The van der Waals surface area contributed by atoms with Crippen LogP contribution in [0.2, 0.25) is 0 Å². The van der Waals surface area contributed by atoms with Gasteiger partial charge in [0, 0.05) is 24.3 Å². The zero-order chi connectivity index (χ0) is 13.4. The van der Waals surface area contributed by atoms with Crippen LogP contribution in [0.25, 0.3) is 0 Å². The molecule has 0 aromatic carbocycles. The van der Waals surface area contributed by atoms with Crippen molar-refractivity contribution < 1.29 is 4.74 Å². The molecule has 3 nitrogen and oxygen atoms in total. The number of hydrogen-bond acceptors (Lipinski definition) is 3. The molecule has 3 heteroatoms. The Hall–Kier alpha value is -1.09. The van der Waals surface area contributed by atoms with Crippen molar-refractivity contribution in [3.05, 3.63) is 24.0 Å². The van der Waals surface area contributed by atoms with Crippen molar-refractivity contribution >= 4 is 0 Å². The topological polar surface area (TPSA) is 34.1 Å². The quantitative estimate of drug-likeness (QED) is 0.718. The number of hydrogen-bond donors (Lipinski definition) is 1. The van der Waals surface area contributed by atoms with E-state index in [-0.39, 0.29) is 0 Å². The molecular formula is C15H26N2O. The van der Waals surface area contributed by atoms with Gasteiger partial charge in [0.05, 0.1) is 12.8 Å². The summed E-state index contributed by atoms with van der Waals surface area (Å²) in [6.07, 6.45) is 5.94. The minimum absolute atomic E-state index is 0.479. The first kappa shape index (κ1) is 15.0. The van der Waals surface area contributed by atoms with E-state index in [1.54, 1.807) is 0 Å². The van der Waals surface area contributed by atoms with Gasteiger partial charge in [0.25, 0.3) is 0 Å². The molecule has 1 aromatic rings. The van der Waals surface area contributed by atoms with Gasteiger partial charge in [-0.15, -0.1) is 0 Å². The second-order valence-corrected chi connectivity index (χ2v) is 5.40. The molecule has 0 fully saturated rings. The number of nitrogens with one attached hydrogen (secondary N) is 1. The third-order valence-corrected chi connectivity index (χ3v) is 2.75. The van der Waals surface area contributed by atoms with Gasteiger partial charge in [-0.1, -0.05) is 27.7 Å². The van der Waals surface area contributed by atoms with Crippen LogP contribution in [-0.2, 0) is 6.54 Å². The maximum Gasteiger partial charge on any atom is 0.142 e. The molecule has 0 aliphatic rings. The predicted octanol–water partition coefficient (Wildman–Crippen LogP) is 3.39. The molecule has 0 saturated carbocycles. The highest BCUT2D eigenvalue weighted by atomic mass is 16.5. The lowest BCUT2D eigenvalue weighted by Gasteiger charge is -2.13. The Morgan fingerprint density at radius 3 is 2.72 bits per heavy atom. The predicted molar refractivity (Wildman–Crippen MR) is 75.8 cm³/mol. The highest BCUT2D eigenvalue weighted by molar-refractivity contribution is 5.29. The molecule has 18 heavy (non-hydrogen) atoms. The van der Waals surface area contributed by atoms with Gasteiger partial charge in [-0.2, -0.15) is 0 Å². The smallest absolute Gasteiger partial charge is 0.142 e. The van der Waals surface area contributed by atoms with Gasteiger partial charge < -0.3 is 10.1 Å². The second-order valence-electron chi connectivity index (χ2n) is 5.40. The molecule has 0 atom stereocenters. The van der Waals surface area contributed by atoms with Gasteiger partial charge in [-0.25, -0.2) is 0 Å². The normalized spacial score (nSPS) is 11.2. The Kier molecular flexibility index (Phi) is 6.73. The third kappa shape index (κ3) is 6.01. The van der Waals surface area contributed by atoms with Crippen LogP contribution < -0.4 is 10.1 Å². The zero-order valence-electron chi connectivity index (χ0n) is 12.1. The number of rotatable bonds is 8. The molecule has 0 unspecified atom stereocenters. The Bertz CT molecular complexity index is 337. The minimum atomic E-state index is 0.479. The Morgan fingerprint density at radius 2 is 2.06 bits per heavy atom. The van der Waals surface area contributed by atoms with Crippen molar-refractivity contribution in [2.75, 3.05) is 6.61 Å². The van der Waals surface area contributed by atoms with Crippen LogP contribution in [0.5, 0.6) is 5.75 Å². The summed E-state index contributed by atoms with van der Waals surface area (Å²) in [5.41, 5.74) is 1.18. The summed E-state index contributed by atoms with van der Waals surface area (Å²) in [6.45, 7) is 10.4. The van der Waals surface area contributed by atoms with Gasteiger partial charge in [-0.3, -0.25) is 4.98 Å². The van der Waals surface area contributed by atoms with Crippen LogP contribution in [0.4, 0.5) is 0 Å². The molecule has 0 bridgehead atoms. The summed E-state index contributed by atoms with van der Waals surface area (Å²) in [5, 5.41) is 3.40. The van der Waals surface area contributed by atoms with Crippen LogP contribution in [-0.4, -0.2) is 17.6 Å². The fourth-order valence-corrected chi connectivity index (χ4v) is 1.67. The molecule has 102 valence electrons. The third-order valence-electron chi connectivity index (χ3n) is 2.75. The first-order valence-electron chi connectivity index (χ1n) is 6.88. The summed E-state index contributed by atoms with van der Waals surface area (Å²) in [4.78, 5) is 4.13. The number of aromatic nitrogens is 1. The van der Waals surface area contributed by atoms with Gasteiger partial charge >= 0.3 is 0 Å².